The van der Waals surface area contributed by atoms with Crippen molar-refractivity contribution in [3.05, 3.63) is 117 Å². The molecular weight excluding hydrogens is 466 g/mol. The number of anilines is 1. The second-order valence-corrected chi connectivity index (χ2v) is 8.00. The number of halogens is 1. The maximum atomic E-state index is 12.5. The monoisotopic (exact) mass is 483 g/mol. The first-order chi connectivity index (χ1) is 16.9. The number of fused-ring (bicyclic) bond motifs is 1. The Morgan fingerprint density at radius 1 is 1.03 bits per heavy atom. The van der Waals surface area contributed by atoms with Crippen molar-refractivity contribution in [1.82, 2.24) is 0 Å². The van der Waals surface area contributed by atoms with Gasteiger partial charge < -0.3 is 10.1 Å². The highest BCUT2D eigenvalue weighted by Gasteiger charge is 2.13. The van der Waals surface area contributed by atoms with E-state index in [0.29, 0.717) is 22.9 Å². The summed E-state index contributed by atoms with van der Waals surface area (Å²) in [7, 11) is 0. The minimum Gasteiger partial charge on any atom is -0.487 e. The van der Waals surface area contributed by atoms with Crippen molar-refractivity contribution in [3.8, 4) is 11.8 Å². The van der Waals surface area contributed by atoms with Crippen molar-refractivity contribution in [3.63, 3.8) is 0 Å². The molecule has 8 heteroatoms. The van der Waals surface area contributed by atoms with Gasteiger partial charge in [0.1, 0.15) is 24.0 Å². The van der Waals surface area contributed by atoms with E-state index in [2.05, 4.69) is 11.4 Å². The van der Waals surface area contributed by atoms with Gasteiger partial charge in [-0.1, -0.05) is 60.1 Å². The molecule has 35 heavy (non-hydrogen) atoms. The van der Waals surface area contributed by atoms with Gasteiger partial charge in [0.15, 0.2) is 0 Å². The molecule has 4 aromatic carbocycles. The minimum atomic E-state index is -0.694. The van der Waals surface area contributed by atoms with Crippen LogP contribution in [0.5, 0.6) is 5.75 Å². The van der Waals surface area contributed by atoms with Crippen LogP contribution in [0.15, 0.2) is 90.5 Å². The van der Waals surface area contributed by atoms with Crippen molar-refractivity contribution >= 4 is 45.7 Å². The summed E-state index contributed by atoms with van der Waals surface area (Å²) >= 11 is 6.37. The molecule has 0 unspecified atom stereocenters. The molecule has 4 aromatic rings. The quantitative estimate of drug-likeness (QED) is 0.139. The Morgan fingerprint density at radius 3 is 2.57 bits per heavy atom. The molecular formula is C27H18ClN3O4. The van der Waals surface area contributed by atoms with E-state index in [9.17, 15) is 20.2 Å². The number of ether oxygens (including phenoxy) is 1. The third-order valence-corrected chi connectivity index (χ3v) is 5.45. The Bertz CT molecular complexity index is 1510. The molecule has 0 saturated carbocycles. The summed E-state index contributed by atoms with van der Waals surface area (Å²) in [5, 5.41) is 25.4. The van der Waals surface area contributed by atoms with Crippen LogP contribution < -0.4 is 10.1 Å². The third-order valence-electron chi connectivity index (χ3n) is 5.16. The highest BCUT2D eigenvalue weighted by molar-refractivity contribution is 6.32. The van der Waals surface area contributed by atoms with Crippen LogP contribution in [-0.4, -0.2) is 10.8 Å². The van der Waals surface area contributed by atoms with Gasteiger partial charge in [0, 0.05) is 17.8 Å². The highest BCUT2D eigenvalue weighted by atomic mass is 35.5. The molecule has 172 valence electrons. The summed E-state index contributed by atoms with van der Waals surface area (Å²) in [6, 6.07) is 26.4. The SMILES string of the molecule is N#C/C(=C\c1ccc(OCc2ccc3ccccc3c2)c(Cl)c1)C(=O)Nc1cccc([N+](=O)[O-])c1. The predicted molar refractivity (Wildman–Crippen MR) is 135 cm³/mol. The van der Waals surface area contributed by atoms with E-state index in [4.69, 9.17) is 16.3 Å². The number of nitro benzene ring substituents is 1. The molecule has 0 bridgehead atoms. The fraction of sp³-hybridized carbons (Fsp3) is 0.0370. The second kappa shape index (κ2) is 10.5. The van der Waals surface area contributed by atoms with Crippen LogP contribution in [-0.2, 0) is 11.4 Å². The van der Waals surface area contributed by atoms with Crippen molar-refractivity contribution in [2.24, 2.45) is 0 Å². The summed E-state index contributed by atoms with van der Waals surface area (Å²) in [4.78, 5) is 22.9. The minimum absolute atomic E-state index is 0.170. The Kier molecular flexibility index (Phi) is 7.05. The summed E-state index contributed by atoms with van der Waals surface area (Å²) in [6.07, 6.45) is 1.38. The van der Waals surface area contributed by atoms with Crippen LogP contribution >= 0.6 is 11.6 Å². The number of hydrogen-bond donors (Lipinski definition) is 1. The van der Waals surface area contributed by atoms with E-state index in [1.807, 2.05) is 42.5 Å². The molecule has 1 N–H and O–H groups in total. The fourth-order valence-electron chi connectivity index (χ4n) is 3.42. The first kappa shape index (κ1) is 23.5. The number of carbonyl (C=O) groups excluding carboxylic acids is 1. The number of nitriles is 1. The standard InChI is InChI=1S/C27H18ClN3O4/c28-25-14-18(12-22(16-29)27(32)30-23-6-3-7-24(15-23)31(33)34)9-11-26(25)35-17-19-8-10-20-4-1-2-5-21(20)13-19/h1-15H,17H2,(H,30,32)/b22-12+. The Morgan fingerprint density at radius 2 is 1.83 bits per heavy atom. The van der Waals surface area contributed by atoms with Crippen LogP contribution in [0.25, 0.3) is 16.8 Å². The number of carbonyl (C=O) groups is 1. The van der Waals surface area contributed by atoms with Gasteiger partial charge in [0.2, 0.25) is 0 Å². The van der Waals surface area contributed by atoms with Crippen molar-refractivity contribution < 1.29 is 14.5 Å². The molecule has 0 radical (unpaired) electrons. The van der Waals surface area contributed by atoms with Gasteiger partial charge >= 0.3 is 0 Å². The molecule has 0 aliphatic rings. The molecule has 0 heterocycles. The van der Waals surface area contributed by atoms with Crippen molar-refractivity contribution in [2.45, 2.75) is 6.61 Å². The number of rotatable bonds is 7. The van der Waals surface area contributed by atoms with Gasteiger partial charge in [0.05, 0.1) is 9.95 Å². The van der Waals surface area contributed by atoms with Crippen LogP contribution in [0.1, 0.15) is 11.1 Å². The number of nitro groups is 1. The molecule has 0 aromatic heterocycles. The normalized spacial score (nSPS) is 11.0. The first-order valence-electron chi connectivity index (χ1n) is 10.5. The number of non-ortho nitro benzene ring substituents is 1. The van der Waals surface area contributed by atoms with Gasteiger partial charge in [0.25, 0.3) is 11.6 Å². The molecule has 0 aliphatic heterocycles. The molecule has 0 fully saturated rings. The third kappa shape index (κ3) is 5.82. The maximum Gasteiger partial charge on any atom is 0.271 e. The lowest BCUT2D eigenvalue weighted by molar-refractivity contribution is -0.384. The van der Waals surface area contributed by atoms with Crippen LogP contribution in [0.4, 0.5) is 11.4 Å². The van der Waals surface area contributed by atoms with E-state index < -0.39 is 10.8 Å². The van der Waals surface area contributed by atoms with Gasteiger partial charge in [-0.15, -0.1) is 0 Å². The zero-order valence-electron chi connectivity index (χ0n) is 18.3. The van der Waals surface area contributed by atoms with Crippen molar-refractivity contribution in [1.29, 1.82) is 5.26 Å². The van der Waals surface area contributed by atoms with Crippen LogP contribution in [0, 0.1) is 21.4 Å². The molecule has 7 nitrogen and oxygen atoms in total. The number of nitrogens with zero attached hydrogens (tertiary/aromatic N) is 2. The molecule has 4 rings (SSSR count). The second-order valence-electron chi connectivity index (χ2n) is 7.59. The van der Waals surface area contributed by atoms with Gasteiger partial charge in [-0.3, -0.25) is 14.9 Å². The summed E-state index contributed by atoms with van der Waals surface area (Å²) in [6.45, 7) is 0.328. The molecule has 1 amide bonds. The Balaban J connectivity index is 1.45. The lowest BCUT2D eigenvalue weighted by Gasteiger charge is -2.10. The van der Waals surface area contributed by atoms with E-state index >= 15 is 0 Å². The van der Waals surface area contributed by atoms with Crippen molar-refractivity contribution in [2.75, 3.05) is 5.32 Å². The summed E-state index contributed by atoms with van der Waals surface area (Å²) < 4.78 is 5.86. The average molecular weight is 484 g/mol. The Hall–Kier alpha value is -4.67. The van der Waals surface area contributed by atoms with E-state index in [-0.39, 0.29) is 16.9 Å². The average Bonchev–Trinajstić information content (AvgIpc) is 2.86. The smallest absolute Gasteiger partial charge is 0.271 e. The van der Waals surface area contributed by atoms with E-state index in [0.717, 1.165) is 16.3 Å². The fourth-order valence-corrected chi connectivity index (χ4v) is 3.67. The number of hydrogen-bond acceptors (Lipinski definition) is 5. The number of nitrogens with one attached hydrogen (secondary N) is 1. The highest BCUT2D eigenvalue weighted by Crippen LogP contribution is 2.28. The van der Waals surface area contributed by atoms with Crippen LogP contribution in [0.3, 0.4) is 0 Å². The summed E-state index contributed by atoms with van der Waals surface area (Å²) in [5.41, 5.74) is 1.38. The van der Waals surface area contributed by atoms with Gasteiger partial charge in [-0.05, 0) is 52.2 Å². The molecule has 0 saturated heterocycles. The topological polar surface area (TPSA) is 105 Å². The zero-order chi connectivity index (χ0) is 24.8. The lowest BCUT2D eigenvalue weighted by atomic mass is 10.1. The first-order valence-corrected chi connectivity index (χ1v) is 10.9. The number of amides is 1. The van der Waals surface area contributed by atoms with Gasteiger partial charge in [-0.2, -0.15) is 5.26 Å². The molecule has 0 atom stereocenters. The van der Waals surface area contributed by atoms with E-state index in [1.54, 1.807) is 18.2 Å². The Labute approximate surface area is 206 Å². The van der Waals surface area contributed by atoms with E-state index in [1.165, 1.54) is 30.3 Å². The largest absolute Gasteiger partial charge is 0.487 e. The zero-order valence-corrected chi connectivity index (χ0v) is 19.0. The molecule has 0 spiro atoms. The molecule has 0 aliphatic carbocycles. The lowest BCUT2D eigenvalue weighted by Crippen LogP contribution is -2.13. The van der Waals surface area contributed by atoms with Crippen LogP contribution in [0.2, 0.25) is 5.02 Å². The predicted octanol–water partition coefficient (Wildman–Crippen LogP) is 6.53. The maximum absolute atomic E-state index is 12.5. The number of benzene rings is 4. The van der Waals surface area contributed by atoms with Gasteiger partial charge in [-0.25, -0.2) is 0 Å². The summed E-state index contributed by atoms with van der Waals surface area (Å²) in [5.74, 6) is -0.225.